The molecule has 0 radical (unpaired) electrons. The van der Waals surface area contributed by atoms with Crippen molar-refractivity contribution in [3.05, 3.63) is 46.4 Å². The summed E-state index contributed by atoms with van der Waals surface area (Å²) in [5, 5.41) is 15.0. The zero-order chi connectivity index (χ0) is 22.7. The number of carbonyl (C=O) groups is 1. The van der Waals surface area contributed by atoms with Crippen LogP contribution in [0.2, 0.25) is 0 Å². The molecule has 2 heterocycles. The van der Waals surface area contributed by atoms with Gasteiger partial charge in [-0.2, -0.15) is 4.68 Å². The number of nitrogens with one attached hydrogen (secondary N) is 1. The number of carbonyl (C=O) groups excluding carboxylic acids is 1. The SMILES string of the molecule is Cc1c(-n2nnnc2S[C@@H](C)C(=O)NCC2CCCCC2)c(=O)n(-c2ccccc2)n1C. The second-order valence-corrected chi connectivity index (χ2v) is 9.60. The number of benzene rings is 1. The first kappa shape index (κ1) is 22.3. The van der Waals surface area contributed by atoms with Gasteiger partial charge in [-0.15, -0.1) is 5.10 Å². The molecule has 2 aromatic heterocycles. The van der Waals surface area contributed by atoms with Gasteiger partial charge in [0.05, 0.1) is 16.6 Å². The van der Waals surface area contributed by atoms with E-state index in [9.17, 15) is 9.59 Å². The maximum atomic E-state index is 13.3. The molecule has 0 unspecified atom stereocenters. The third kappa shape index (κ3) is 4.50. The number of para-hydroxylation sites is 1. The molecule has 1 atom stereocenters. The average Bonchev–Trinajstić information content (AvgIpc) is 3.34. The highest BCUT2D eigenvalue weighted by Crippen LogP contribution is 2.25. The minimum absolute atomic E-state index is 0.0402. The lowest BCUT2D eigenvalue weighted by molar-refractivity contribution is -0.120. The first-order valence-corrected chi connectivity index (χ1v) is 11.9. The number of tetrazole rings is 1. The Hall–Kier alpha value is -2.88. The Balaban J connectivity index is 1.53. The predicted octanol–water partition coefficient (Wildman–Crippen LogP) is 2.64. The maximum absolute atomic E-state index is 13.3. The van der Waals surface area contributed by atoms with Gasteiger partial charge in [0.2, 0.25) is 11.1 Å². The predicted molar refractivity (Wildman–Crippen MR) is 123 cm³/mol. The number of rotatable bonds is 7. The standard InChI is InChI=1S/C22H29N7O2S/c1-15-19(21(31)29(27(15)3)18-12-8-5-9-13-18)28-22(24-25-26-28)32-16(2)20(30)23-14-17-10-6-4-7-11-17/h5,8-9,12-13,16-17H,4,6-7,10-11,14H2,1-3H3,(H,23,30)/t16-/m0/s1. The zero-order valence-corrected chi connectivity index (χ0v) is 19.5. The van der Waals surface area contributed by atoms with Gasteiger partial charge in [-0.25, -0.2) is 4.68 Å². The van der Waals surface area contributed by atoms with Gasteiger partial charge in [-0.05, 0) is 55.2 Å². The van der Waals surface area contributed by atoms with Crippen molar-refractivity contribution < 1.29 is 4.79 Å². The van der Waals surface area contributed by atoms with E-state index in [1.165, 1.54) is 48.5 Å². The molecule has 170 valence electrons. The molecule has 1 N–H and O–H groups in total. The van der Waals surface area contributed by atoms with E-state index in [0.717, 1.165) is 11.4 Å². The number of hydrogen-bond donors (Lipinski definition) is 1. The fraction of sp³-hybridized carbons (Fsp3) is 0.500. The van der Waals surface area contributed by atoms with E-state index in [-0.39, 0.29) is 16.7 Å². The molecule has 0 saturated heterocycles. The zero-order valence-electron chi connectivity index (χ0n) is 18.7. The summed E-state index contributed by atoms with van der Waals surface area (Å²) >= 11 is 1.25. The van der Waals surface area contributed by atoms with E-state index in [4.69, 9.17) is 0 Å². The molecular weight excluding hydrogens is 426 g/mol. The van der Waals surface area contributed by atoms with E-state index in [0.29, 0.717) is 23.3 Å². The Morgan fingerprint density at radius 1 is 1.22 bits per heavy atom. The molecule has 0 aliphatic heterocycles. The highest BCUT2D eigenvalue weighted by atomic mass is 32.2. The number of aromatic nitrogens is 6. The number of nitrogens with zero attached hydrogens (tertiary/aromatic N) is 6. The van der Waals surface area contributed by atoms with Crippen molar-refractivity contribution in [1.29, 1.82) is 0 Å². The number of amides is 1. The van der Waals surface area contributed by atoms with Crippen LogP contribution in [0, 0.1) is 12.8 Å². The third-order valence-corrected chi connectivity index (χ3v) is 7.15. The molecule has 10 heteroatoms. The van der Waals surface area contributed by atoms with Gasteiger partial charge in [0.1, 0.15) is 0 Å². The Morgan fingerprint density at radius 3 is 2.66 bits per heavy atom. The van der Waals surface area contributed by atoms with Crippen molar-refractivity contribution >= 4 is 17.7 Å². The molecule has 32 heavy (non-hydrogen) atoms. The van der Waals surface area contributed by atoms with Gasteiger partial charge < -0.3 is 5.32 Å². The van der Waals surface area contributed by atoms with Crippen molar-refractivity contribution in [3.8, 4) is 11.4 Å². The van der Waals surface area contributed by atoms with Crippen molar-refractivity contribution in [1.82, 2.24) is 34.9 Å². The lowest BCUT2D eigenvalue weighted by Crippen LogP contribution is -2.35. The van der Waals surface area contributed by atoms with E-state index < -0.39 is 0 Å². The Labute approximate surface area is 191 Å². The molecule has 3 aromatic rings. The minimum Gasteiger partial charge on any atom is -0.355 e. The molecule has 4 rings (SSSR count). The summed E-state index contributed by atoms with van der Waals surface area (Å²) in [5.41, 5.74) is 1.63. The summed E-state index contributed by atoms with van der Waals surface area (Å²) in [7, 11) is 1.83. The van der Waals surface area contributed by atoms with Crippen LogP contribution in [0.4, 0.5) is 0 Å². The molecule has 1 fully saturated rings. The molecule has 1 amide bonds. The van der Waals surface area contributed by atoms with Crippen LogP contribution in [-0.4, -0.2) is 47.3 Å². The second-order valence-electron chi connectivity index (χ2n) is 8.29. The van der Waals surface area contributed by atoms with Gasteiger partial charge >= 0.3 is 0 Å². The van der Waals surface area contributed by atoms with Crippen molar-refractivity contribution in [2.45, 2.75) is 56.4 Å². The number of hydrogen-bond acceptors (Lipinski definition) is 6. The van der Waals surface area contributed by atoms with E-state index in [2.05, 4.69) is 20.8 Å². The fourth-order valence-electron chi connectivity index (χ4n) is 4.18. The average molecular weight is 456 g/mol. The molecule has 1 saturated carbocycles. The highest BCUT2D eigenvalue weighted by Gasteiger charge is 2.25. The van der Waals surface area contributed by atoms with Gasteiger partial charge in [-0.3, -0.25) is 14.3 Å². The van der Waals surface area contributed by atoms with Crippen LogP contribution in [0.15, 0.2) is 40.3 Å². The summed E-state index contributed by atoms with van der Waals surface area (Å²) in [6, 6.07) is 9.42. The van der Waals surface area contributed by atoms with Gasteiger partial charge in [0.25, 0.3) is 5.56 Å². The summed E-state index contributed by atoms with van der Waals surface area (Å²) in [6.07, 6.45) is 6.15. The Kier molecular flexibility index (Phi) is 6.78. The lowest BCUT2D eigenvalue weighted by atomic mass is 9.89. The van der Waals surface area contributed by atoms with Crippen LogP contribution < -0.4 is 10.9 Å². The molecule has 1 aromatic carbocycles. The summed E-state index contributed by atoms with van der Waals surface area (Å²) in [6.45, 7) is 4.40. The van der Waals surface area contributed by atoms with E-state index in [1.807, 2.05) is 51.2 Å². The summed E-state index contributed by atoms with van der Waals surface area (Å²) in [5.74, 6) is 0.528. The third-order valence-electron chi connectivity index (χ3n) is 6.12. The van der Waals surface area contributed by atoms with E-state index >= 15 is 0 Å². The fourth-order valence-corrected chi connectivity index (χ4v) is 5.00. The minimum atomic E-state index is -0.385. The topological polar surface area (TPSA) is 99.6 Å². The maximum Gasteiger partial charge on any atom is 0.297 e. The van der Waals surface area contributed by atoms with Crippen LogP contribution in [0.3, 0.4) is 0 Å². The normalized spacial score (nSPS) is 15.6. The molecule has 1 aliphatic carbocycles. The first-order chi connectivity index (χ1) is 15.5. The second kappa shape index (κ2) is 9.72. The van der Waals surface area contributed by atoms with Crippen LogP contribution in [0.25, 0.3) is 11.4 Å². The van der Waals surface area contributed by atoms with Gasteiger partial charge in [0.15, 0.2) is 5.69 Å². The largest absolute Gasteiger partial charge is 0.355 e. The van der Waals surface area contributed by atoms with Gasteiger partial charge in [0, 0.05) is 13.6 Å². The smallest absolute Gasteiger partial charge is 0.297 e. The Bertz CT molecular complexity index is 1130. The summed E-state index contributed by atoms with van der Waals surface area (Å²) in [4.78, 5) is 26.0. The molecular formula is C22H29N7O2S. The first-order valence-electron chi connectivity index (χ1n) is 11.0. The van der Waals surface area contributed by atoms with Crippen LogP contribution in [0.5, 0.6) is 0 Å². The van der Waals surface area contributed by atoms with Crippen molar-refractivity contribution in [2.24, 2.45) is 13.0 Å². The molecule has 0 bridgehead atoms. The van der Waals surface area contributed by atoms with Crippen LogP contribution >= 0.6 is 11.8 Å². The highest BCUT2D eigenvalue weighted by molar-refractivity contribution is 8.00. The van der Waals surface area contributed by atoms with Crippen molar-refractivity contribution in [2.75, 3.05) is 6.54 Å². The van der Waals surface area contributed by atoms with Crippen molar-refractivity contribution in [3.63, 3.8) is 0 Å². The quantitative estimate of drug-likeness (QED) is 0.550. The van der Waals surface area contributed by atoms with E-state index in [1.54, 1.807) is 9.36 Å². The van der Waals surface area contributed by atoms with Crippen LogP contribution in [-0.2, 0) is 11.8 Å². The van der Waals surface area contributed by atoms with Gasteiger partial charge in [-0.1, -0.05) is 49.2 Å². The monoisotopic (exact) mass is 455 g/mol. The van der Waals surface area contributed by atoms with Crippen LogP contribution in [0.1, 0.15) is 44.7 Å². The molecule has 1 aliphatic rings. The molecule has 0 spiro atoms. The summed E-state index contributed by atoms with van der Waals surface area (Å²) < 4.78 is 4.80. The lowest BCUT2D eigenvalue weighted by Gasteiger charge is -2.22. The number of thioether (sulfide) groups is 1. The Morgan fingerprint density at radius 2 is 1.94 bits per heavy atom. The molecule has 9 nitrogen and oxygen atoms in total.